The lowest BCUT2D eigenvalue weighted by Gasteiger charge is -2.25. The van der Waals surface area contributed by atoms with Gasteiger partial charge < -0.3 is 15.3 Å². The van der Waals surface area contributed by atoms with E-state index in [0.29, 0.717) is 23.5 Å². The quantitative estimate of drug-likeness (QED) is 0.801. The molecular formula is C12H20N2O3S. The van der Waals surface area contributed by atoms with Crippen molar-refractivity contribution in [1.82, 2.24) is 10.2 Å². The molecule has 0 aromatic heterocycles. The number of carboxylic acids is 1. The van der Waals surface area contributed by atoms with Crippen LogP contribution in [0.15, 0.2) is 0 Å². The van der Waals surface area contributed by atoms with Gasteiger partial charge in [-0.1, -0.05) is 13.8 Å². The number of nitrogens with one attached hydrogen (secondary N) is 1. The van der Waals surface area contributed by atoms with E-state index in [1.807, 2.05) is 0 Å². The molecule has 2 N–H and O–H groups in total. The Morgan fingerprint density at radius 1 is 1.33 bits per heavy atom. The van der Waals surface area contributed by atoms with Crippen molar-refractivity contribution >= 4 is 23.8 Å². The molecule has 1 saturated carbocycles. The molecule has 0 bridgehead atoms. The van der Waals surface area contributed by atoms with Crippen LogP contribution in [0.1, 0.15) is 26.7 Å². The molecule has 1 saturated heterocycles. The molecule has 4 atom stereocenters. The summed E-state index contributed by atoms with van der Waals surface area (Å²) < 4.78 is 0. The second-order valence-electron chi connectivity index (χ2n) is 5.29. The topological polar surface area (TPSA) is 69.6 Å². The summed E-state index contributed by atoms with van der Waals surface area (Å²) in [5.74, 6) is 1.13. The van der Waals surface area contributed by atoms with E-state index in [0.717, 1.165) is 12.8 Å². The number of urea groups is 1. The molecule has 18 heavy (non-hydrogen) atoms. The van der Waals surface area contributed by atoms with Crippen LogP contribution in [0.4, 0.5) is 4.79 Å². The van der Waals surface area contributed by atoms with Gasteiger partial charge in [0.2, 0.25) is 0 Å². The minimum atomic E-state index is -0.914. The second-order valence-corrected chi connectivity index (χ2v) is 6.29. The van der Waals surface area contributed by atoms with Gasteiger partial charge in [0.05, 0.1) is 5.88 Å². The zero-order valence-electron chi connectivity index (χ0n) is 10.8. The number of rotatable bonds is 2. The Hall–Kier alpha value is -0.910. The van der Waals surface area contributed by atoms with E-state index in [4.69, 9.17) is 5.11 Å². The van der Waals surface area contributed by atoms with Crippen LogP contribution in [0.2, 0.25) is 0 Å². The summed E-state index contributed by atoms with van der Waals surface area (Å²) in [6.45, 7) is 4.35. The predicted molar refractivity (Wildman–Crippen MR) is 70.5 cm³/mol. The lowest BCUT2D eigenvalue weighted by molar-refractivity contribution is -0.140. The summed E-state index contributed by atoms with van der Waals surface area (Å²) in [7, 11) is 0. The maximum atomic E-state index is 12.1. The van der Waals surface area contributed by atoms with Crippen molar-refractivity contribution in [2.24, 2.45) is 11.8 Å². The summed E-state index contributed by atoms with van der Waals surface area (Å²) in [6.07, 6.45) is 2.12. The fourth-order valence-electron chi connectivity index (χ4n) is 2.66. The first-order chi connectivity index (χ1) is 8.50. The van der Waals surface area contributed by atoms with E-state index >= 15 is 0 Å². The van der Waals surface area contributed by atoms with Crippen LogP contribution < -0.4 is 5.32 Å². The van der Waals surface area contributed by atoms with E-state index in [-0.39, 0.29) is 12.1 Å². The summed E-state index contributed by atoms with van der Waals surface area (Å²) in [5.41, 5.74) is 0. The normalized spacial score (nSPS) is 35.8. The lowest BCUT2D eigenvalue weighted by Crippen LogP contribution is -2.50. The van der Waals surface area contributed by atoms with Crippen LogP contribution in [-0.4, -0.2) is 45.7 Å². The average Bonchev–Trinajstić information content (AvgIpc) is 2.91. The third-order valence-corrected chi connectivity index (χ3v) is 5.21. The summed E-state index contributed by atoms with van der Waals surface area (Å²) in [5, 5.41) is 12.0. The third kappa shape index (κ3) is 2.58. The first-order valence-corrected chi connectivity index (χ1v) is 7.54. The minimum Gasteiger partial charge on any atom is -0.480 e. The molecule has 4 unspecified atom stereocenters. The SMILES string of the molecule is CC1CCC(NC(=O)N2CSCC2C(=O)O)C1C. The number of carboxylic acid groups (broad SMARTS) is 1. The highest BCUT2D eigenvalue weighted by atomic mass is 32.2. The molecule has 102 valence electrons. The van der Waals surface area contributed by atoms with Crippen molar-refractivity contribution < 1.29 is 14.7 Å². The van der Waals surface area contributed by atoms with Gasteiger partial charge in [-0.25, -0.2) is 9.59 Å². The Labute approximate surface area is 111 Å². The molecule has 1 aliphatic carbocycles. The molecule has 5 nitrogen and oxygen atoms in total. The van der Waals surface area contributed by atoms with Gasteiger partial charge >= 0.3 is 12.0 Å². The van der Waals surface area contributed by atoms with Crippen molar-refractivity contribution in [2.75, 3.05) is 11.6 Å². The van der Waals surface area contributed by atoms with Gasteiger partial charge in [-0.3, -0.25) is 0 Å². The standard InChI is InChI=1S/C12H20N2O3S/c1-7-3-4-9(8(7)2)13-12(17)14-6-18-5-10(14)11(15)16/h7-10H,3-6H2,1-2H3,(H,13,17)(H,15,16). The van der Waals surface area contributed by atoms with Crippen molar-refractivity contribution in [2.45, 2.75) is 38.8 Å². The number of nitrogens with zero attached hydrogens (tertiary/aromatic N) is 1. The van der Waals surface area contributed by atoms with Crippen molar-refractivity contribution in [3.05, 3.63) is 0 Å². The minimum absolute atomic E-state index is 0.188. The molecule has 2 rings (SSSR count). The van der Waals surface area contributed by atoms with Crippen LogP contribution in [0.3, 0.4) is 0 Å². The van der Waals surface area contributed by atoms with E-state index in [1.54, 1.807) is 0 Å². The molecule has 1 aliphatic heterocycles. The smallest absolute Gasteiger partial charge is 0.327 e. The van der Waals surface area contributed by atoms with Crippen molar-refractivity contribution in [1.29, 1.82) is 0 Å². The van der Waals surface area contributed by atoms with E-state index in [1.165, 1.54) is 16.7 Å². The molecular weight excluding hydrogens is 252 g/mol. The van der Waals surface area contributed by atoms with Gasteiger partial charge in [0.15, 0.2) is 0 Å². The Balaban J connectivity index is 1.94. The van der Waals surface area contributed by atoms with Gasteiger partial charge in [-0.15, -0.1) is 11.8 Å². The zero-order chi connectivity index (χ0) is 13.3. The molecule has 0 aromatic carbocycles. The summed E-state index contributed by atoms with van der Waals surface area (Å²) in [6, 6.07) is -0.713. The zero-order valence-corrected chi connectivity index (χ0v) is 11.6. The van der Waals surface area contributed by atoms with Crippen LogP contribution in [-0.2, 0) is 4.79 Å². The monoisotopic (exact) mass is 272 g/mol. The maximum absolute atomic E-state index is 12.1. The van der Waals surface area contributed by atoms with Crippen LogP contribution in [0.25, 0.3) is 0 Å². The molecule has 1 heterocycles. The van der Waals surface area contributed by atoms with E-state index in [9.17, 15) is 9.59 Å². The largest absolute Gasteiger partial charge is 0.480 e. The number of aliphatic carboxylic acids is 1. The Morgan fingerprint density at radius 2 is 2.06 bits per heavy atom. The summed E-state index contributed by atoms with van der Waals surface area (Å²) >= 11 is 1.49. The van der Waals surface area contributed by atoms with Crippen molar-refractivity contribution in [3.8, 4) is 0 Å². The number of hydrogen-bond donors (Lipinski definition) is 2. The van der Waals surface area contributed by atoms with E-state index < -0.39 is 12.0 Å². The number of carbonyl (C=O) groups is 2. The number of amides is 2. The number of hydrogen-bond acceptors (Lipinski definition) is 3. The maximum Gasteiger partial charge on any atom is 0.327 e. The fourth-order valence-corrected chi connectivity index (χ4v) is 3.80. The molecule has 0 spiro atoms. The second kappa shape index (κ2) is 5.38. The first kappa shape index (κ1) is 13.5. The highest BCUT2D eigenvalue weighted by Crippen LogP contribution is 2.31. The highest BCUT2D eigenvalue weighted by Gasteiger charge is 2.37. The first-order valence-electron chi connectivity index (χ1n) is 6.38. The molecule has 0 aromatic rings. The van der Waals surface area contributed by atoms with Crippen LogP contribution in [0.5, 0.6) is 0 Å². The van der Waals surface area contributed by atoms with E-state index in [2.05, 4.69) is 19.2 Å². The fraction of sp³-hybridized carbons (Fsp3) is 0.833. The van der Waals surface area contributed by atoms with Gasteiger partial charge in [0.25, 0.3) is 0 Å². The Bertz CT molecular complexity index is 350. The molecule has 2 amide bonds. The van der Waals surface area contributed by atoms with Crippen molar-refractivity contribution in [3.63, 3.8) is 0 Å². The molecule has 6 heteroatoms. The average molecular weight is 272 g/mol. The number of carbonyl (C=O) groups excluding carboxylic acids is 1. The predicted octanol–water partition coefficient (Wildman–Crippen LogP) is 1.59. The summed E-state index contributed by atoms with van der Waals surface area (Å²) in [4.78, 5) is 24.6. The van der Waals surface area contributed by atoms with Gasteiger partial charge in [-0.05, 0) is 24.7 Å². The third-order valence-electron chi connectivity index (χ3n) is 4.20. The van der Waals surface area contributed by atoms with Crippen LogP contribution in [0, 0.1) is 11.8 Å². The lowest BCUT2D eigenvalue weighted by atomic mass is 9.98. The number of thioether (sulfide) groups is 1. The van der Waals surface area contributed by atoms with Crippen LogP contribution >= 0.6 is 11.8 Å². The van der Waals surface area contributed by atoms with Gasteiger partial charge in [0, 0.05) is 11.8 Å². The molecule has 2 aliphatic rings. The Morgan fingerprint density at radius 3 is 2.61 bits per heavy atom. The molecule has 0 radical (unpaired) electrons. The molecule has 2 fully saturated rings. The van der Waals surface area contributed by atoms with Gasteiger partial charge in [0.1, 0.15) is 6.04 Å². The Kier molecular flexibility index (Phi) is 4.04. The highest BCUT2D eigenvalue weighted by molar-refractivity contribution is 7.99. The van der Waals surface area contributed by atoms with Gasteiger partial charge in [-0.2, -0.15) is 0 Å².